The Bertz CT molecular complexity index is 488. The fourth-order valence-corrected chi connectivity index (χ4v) is 2.20. The van der Waals surface area contributed by atoms with Crippen LogP contribution in [0.25, 0.3) is 0 Å². The first kappa shape index (κ1) is 15.8. The van der Waals surface area contributed by atoms with Crippen molar-refractivity contribution in [2.75, 3.05) is 11.9 Å². The highest BCUT2D eigenvalue weighted by atomic mass is 35.5. The minimum Gasteiger partial charge on any atom is -0.366 e. The van der Waals surface area contributed by atoms with E-state index in [0.29, 0.717) is 5.69 Å². The highest BCUT2D eigenvalue weighted by molar-refractivity contribution is 6.34. The average molecular weight is 304 g/mol. The van der Waals surface area contributed by atoms with Crippen LogP contribution in [0.2, 0.25) is 5.02 Å². The van der Waals surface area contributed by atoms with Crippen molar-refractivity contribution in [2.24, 2.45) is 5.73 Å². The van der Waals surface area contributed by atoms with Gasteiger partial charge in [0.25, 0.3) is 0 Å². The Labute approximate surface area is 122 Å². The predicted molar refractivity (Wildman–Crippen MR) is 76.9 cm³/mol. The Kier molecular flexibility index (Phi) is 5.60. The molecular weight excluding hydrogens is 289 g/mol. The maximum absolute atomic E-state index is 11.8. The van der Waals surface area contributed by atoms with Gasteiger partial charge in [0, 0.05) is 5.69 Å². The maximum atomic E-state index is 11.8. The lowest BCUT2D eigenvalue weighted by Crippen LogP contribution is -2.35. The summed E-state index contributed by atoms with van der Waals surface area (Å²) in [5.74, 6) is -0.675. The number of carbonyl (C=O) groups excluding carboxylic acids is 2. The van der Waals surface area contributed by atoms with Crippen LogP contribution in [0.15, 0.2) is 18.2 Å². The molecule has 2 rings (SSSR count). The number of hydrogen-bond donors (Lipinski definition) is 3. The fourth-order valence-electron chi connectivity index (χ4n) is 1.93. The van der Waals surface area contributed by atoms with Crippen LogP contribution in [-0.4, -0.2) is 24.4 Å². The molecule has 1 aliphatic heterocycles. The van der Waals surface area contributed by atoms with Gasteiger partial charge in [-0.2, -0.15) is 0 Å². The Morgan fingerprint density at radius 2 is 2.16 bits per heavy atom. The van der Waals surface area contributed by atoms with Crippen molar-refractivity contribution in [3.63, 3.8) is 0 Å². The molecule has 2 amide bonds. The molecule has 1 aromatic rings. The summed E-state index contributed by atoms with van der Waals surface area (Å²) >= 11 is 5.90. The molecule has 0 unspecified atom stereocenters. The summed E-state index contributed by atoms with van der Waals surface area (Å²) in [6, 6.07) is 4.48. The molecule has 19 heavy (non-hydrogen) atoms. The lowest BCUT2D eigenvalue weighted by atomic mass is 10.1. The first-order chi connectivity index (χ1) is 8.58. The summed E-state index contributed by atoms with van der Waals surface area (Å²) in [5.41, 5.74) is 5.95. The van der Waals surface area contributed by atoms with Crippen LogP contribution in [0.5, 0.6) is 0 Å². The number of hydrogen-bond acceptors (Lipinski definition) is 3. The van der Waals surface area contributed by atoms with Crippen LogP contribution in [0.1, 0.15) is 23.2 Å². The van der Waals surface area contributed by atoms with Gasteiger partial charge in [0.1, 0.15) is 0 Å². The summed E-state index contributed by atoms with van der Waals surface area (Å²) < 4.78 is 0. The van der Waals surface area contributed by atoms with Crippen molar-refractivity contribution in [2.45, 2.75) is 18.9 Å². The zero-order valence-corrected chi connectivity index (χ0v) is 11.7. The molecule has 1 saturated heterocycles. The number of rotatable bonds is 3. The monoisotopic (exact) mass is 303 g/mol. The third kappa shape index (κ3) is 3.83. The van der Waals surface area contributed by atoms with E-state index in [-0.39, 0.29) is 34.9 Å². The van der Waals surface area contributed by atoms with Gasteiger partial charge in [0.15, 0.2) is 0 Å². The highest BCUT2D eigenvalue weighted by Gasteiger charge is 2.22. The number of nitrogens with two attached hydrogens (primary N) is 1. The van der Waals surface area contributed by atoms with E-state index in [4.69, 9.17) is 17.3 Å². The average Bonchev–Trinajstić information content (AvgIpc) is 2.81. The van der Waals surface area contributed by atoms with E-state index in [0.717, 1.165) is 19.4 Å². The van der Waals surface area contributed by atoms with Crippen LogP contribution >= 0.6 is 24.0 Å². The Morgan fingerprint density at radius 1 is 1.42 bits per heavy atom. The molecule has 104 valence electrons. The topological polar surface area (TPSA) is 84.2 Å². The van der Waals surface area contributed by atoms with Crippen LogP contribution in [-0.2, 0) is 4.79 Å². The van der Waals surface area contributed by atoms with Gasteiger partial charge in [-0.3, -0.25) is 9.59 Å². The van der Waals surface area contributed by atoms with E-state index >= 15 is 0 Å². The standard InChI is InChI=1S/C12H14ClN3O2.ClH/c13-9-6-7(3-4-8(9)11(14)17)16-12(18)10-2-1-5-15-10;/h3-4,6,10,15H,1-2,5H2,(H2,14,17)(H,16,18);1H/t10-;/m0./s1. The van der Waals surface area contributed by atoms with Crippen molar-refractivity contribution >= 4 is 41.5 Å². The molecule has 1 fully saturated rings. The number of benzene rings is 1. The number of halogens is 2. The molecule has 7 heteroatoms. The summed E-state index contributed by atoms with van der Waals surface area (Å²) in [4.78, 5) is 22.8. The summed E-state index contributed by atoms with van der Waals surface area (Å²) in [6.45, 7) is 0.861. The molecule has 0 radical (unpaired) electrons. The van der Waals surface area contributed by atoms with Gasteiger partial charge in [-0.15, -0.1) is 12.4 Å². The van der Waals surface area contributed by atoms with Gasteiger partial charge in [0.05, 0.1) is 16.6 Å². The minimum absolute atomic E-state index is 0. The van der Waals surface area contributed by atoms with Gasteiger partial charge in [-0.1, -0.05) is 11.6 Å². The van der Waals surface area contributed by atoms with Crippen LogP contribution < -0.4 is 16.4 Å². The number of primary amides is 1. The minimum atomic E-state index is -0.588. The smallest absolute Gasteiger partial charge is 0.250 e. The van der Waals surface area contributed by atoms with Crippen LogP contribution in [0, 0.1) is 0 Å². The molecule has 4 N–H and O–H groups in total. The third-order valence-corrected chi connectivity index (χ3v) is 3.19. The predicted octanol–water partition coefficient (Wildman–Crippen LogP) is 1.55. The Hall–Kier alpha value is -1.30. The lowest BCUT2D eigenvalue weighted by Gasteiger charge is -2.11. The van der Waals surface area contributed by atoms with Gasteiger partial charge in [0.2, 0.25) is 11.8 Å². The number of amides is 2. The fraction of sp³-hybridized carbons (Fsp3) is 0.333. The second-order valence-electron chi connectivity index (χ2n) is 4.20. The van der Waals surface area contributed by atoms with Gasteiger partial charge in [-0.05, 0) is 37.6 Å². The van der Waals surface area contributed by atoms with E-state index < -0.39 is 5.91 Å². The molecule has 0 saturated carbocycles. The molecule has 1 atom stereocenters. The Balaban J connectivity index is 0.00000180. The first-order valence-corrected chi connectivity index (χ1v) is 6.09. The molecule has 1 aromatic carbocycles. The zero-order valence-electron chi connectivity index (χ0n) is 10.1. The second kappa shape index (κ2) is 6.75. The van der Waals surface area contributed by atoms with Crippen molar-refractivity contribution in [1.82, 2.24) is 5.32 Å². The SMILES string of the molecule is Cl.NC(=O)c1ccc(NC(=O)[C@@H]2CCCN2)cc1Cl. The summed E-state index contributed by atoms with van der Waals surface area (Å²) in [6.07, 6.45) is 1.83. The molecule has 1 heterocycles. The number of carbonyl (C=O) groups is 2. The van der Waals surface area contributed by atoms with Crippen molar-refractivity contribution in [3.05, 3.63) is 28.8 Å². The van der Waals surface area contributed by atoms with Gasteiger partial charge >= 0.3 is 0 Å². The summed E-state index contributed by atoms with van der Waals surface area (Å²) in [5, 5.41) is 6.09. The molecule has 5 nitrogen and oxygen atoms in total. The molecular formula is C12H15Cl2N3O2. The quantitative estimate of drug-likeness (QED) is 0.792. The second-order valence-corrected chi connectivity index (χ2v) is 4.60. The van der Waals surface area contributed by atoms with E-state index in [2.05, 4.69) is 10.6 Å². The largest absolute Gasteiger partial charge is 0.366 e. The van der Waals surface area contributed by atoms with Crippen LogP contribution in [0.4, 0.5) is 5.69 Å². The number of anilines is 1. The van der Waals surface area contributed by atoms with Crippen molar-refractivity contribution in [3.8, 4) is 0 Å². The van der Waals surface area contributed by atoms with Crippen molar-refractivity contribution in [1.29, 1.82) is 0 Å². The zero-order chi connectivity index (χ0) is 13.1. The Morgan fingerprint density at radius 3 is 2.68 bits per heavy atom. The molecule has 0 aliphatic carbocycles. The molecule has 1 aliphatic rings. The van der Waals surface area contributed by atoms with E-state index in [9.17, 15) is 9.59 Å². The highest BCUT2D eigenvalue weighted by Crippen LogP contribution is 2.21. The normalized spacial score (nSPS) is 17.6. The number of nitrogens with one attached hydrogen (secondary N) is 2. The maximum Gasteiger partial charge on any atom is 0.250 e. The third-order valence-electron chi connectivity index (χ3n) is 2.88. The summed E-state index contributed by atoms with van der Waals surface area (Å²) in [7, 11) is 0. The molecule has 0 bridgehead atoms. The van der Waals surface area contributed by atoms with Gasteiger partial charge in [-0.25, -0.2) is 0 Å². The van der Waals surface area contributed by atoms with Crippen molar-refractivity contribution < 1.29 is 9.59 Å². The first-order valence-electron chi connectivity index (χ1n) is 5.71. The van der Waals surface area contributed by atoms with Crippen LogP contribution in [0.3, 0.4) is 0 Å². The lowest BCUT2D eigenvalue weighted by molar-refractivity contribution is -0.117. The van der Waals surface area contributed by atoms with E-state index in [1.807, 2.05) is 0 Å². The van der Waals surface area contributed by atoms with E-state index in [1.165, 1.54) is 12.1 Å². The molecule has 0 spiro atoms. The van der Waals surface area contributed by atoms with E-state index in [1.54, 1.807) is 6.07 Å². The molecule has 0 aromatic heterocycles. The van der Waals surface area contributed by atoms with Gasteiger partial charge < -0.3 is 16.4 Å².